The number of alkyl halides is 3. The topological polar surface area (TPSA) is 38.9 Å². The van der Waals surface area contributed by atoms with Crippen LogP contribution in [0, 0.1) is 0 Å². The highest BCUT2D eigenvalue weighted by Crippen LogP contribution is 2.34. The highest BCUT2D eigenvalue weighted by Gasteiger charge is 2.32. The average molecular weight is 258 g/mol. The molecule has 1 aromatic heterocycles. The second-order valence-corrected chi connectivity index (χ2v) is 4.86. The summed E-state index contributed by atoms with van der Waals surface area (Å²) in [4.78, 5) is 4.30. The maximum absolute atomic E-state index is 12.2. The molecular formula is C13H17F3N2. The van der Waals surface area contributed by atoms with E-state index >= 15 is 0 Å². The van der Waals surface area contributed by atoms with Crippen molar-refractivity contribution in [3.63, 3.8) is 0 Å². The van der Waals surface area contributed by atoms with Gasteiger partial charge in [0.05, 0.1) is 0 Å². The molecule has 0 bridgehead atoms. The Bertz CT molecular complexity index is 403. The third kappa shape index (κ3) is 3.22. The lowest BCUT2D eigenvalue weighted by Crippen LogP contribution is -2.32. The Labute approximate surface area is 104 Å². The lowest BCUT2D eigenvalue weighted by molar-refractivity contribution is -0.136. The van der Waals surface area contributed by atoms with Crippen molar-refractivity contribution in [2.24, 2.45) is 5.73 Å². The molecule has 0 radical (unpaired) electrons. The number of aromatic nitrogens is 1. The minimum Gasteiger partial charge on any atom is -0.327 e. The van der Waals surface area contributed by atoms with Crippen molar-refractivity contribution in [3.8, 4) is 0 Å². The maximum atomic E-state index is 12.2. The molecule has 0 aliphatic heterocycles. The third-order valence-corrected chi connectivity index (χ3v) is 3.52. The summed E-state index contributed by atoms with van der Waals surface area (Å²) in [6.07, 6.45) is -0.512. The molecule has 0 saturated carbocycles. The normalized spacial score (nSPS) is 21.4. The van der Waals surface area contributed by atoms with Crippen LogP contribution in [0.25, 0.3) is 0 Å². The van der Waals surface area contributed by atoms with E-state index in [0.717, 1.165) is 30.5 Å². The van der Waals surface area contributed by atoms with Crippen LogP contribution in [0.4, 0.5) is 13.2 Å². The molecule has 100 valence electrons. The zero-order chi connectivity index (χ0) is 13.2. The van der Waals surface area contributed by atoms with E-state index in [1.165, 1.54) is 0 Å². The van der Waals surface area contributed by atoms with E-state index in [9.17, 15) is 13.2 Å². The lowest BCUT2D eigenvalue weighted by atomic mass is 9.81. The van der Waals surface area contributed by atoms with Crippen molar-refractivity contribution >= 4 is 0 Å². The predicted molar refractivity (Wildman–Crippen MR) is 63.2 cm³/mol. The summed E-state index contributed by atoms with van der Waals surface area (Å²) in [7, 11) is 0. The molecule has 1 heterocycles. The van der Waals surface area contributed by atoms with Gasteiger partial charge in [0.15, 0.2) is 0 Å². The van der Waals surface area contributed by atoms with E-state index in [2.05, 4.69) is 4.98 Å². The van der Waals surface area contributed by atoms with Crippen molar-refractivity contribution in [1.82, 2.24) is 4.98 Å². The van der Waals surface area contributed by atoms with Crippen LogP contribution in [0.1, 0.15) is 42.9 Å². The summed E-state index contributed by atoms with van der Waals surface area (Å²) in [5.74, 6) is -0.0303. The number of hydrogen-bond donors (Lipinski definition) is 1. The molecule has 0 aromatic carbocycles. The molecule has 18 heavy (non-hydrogen) atoms. The maximum Gasteiger partial charge on any atom is 0.389 e. The molecule has 1 aliphatic rings. The Balaban J connectivity index is 2.06. The van der Waals surface area contributed by atoms with Gasteiger partial charge in [-0.05, 0) is 37.3 Å². The van der Waals surface area contributed by atoms with E-state index in [-0.39, 0.29) is 12.3 Å². The van der Waals surface area contributed by atoms with E-state index < -0.39 is 18.6 Å². The number of pyridine rings is 1. The molecule has 2 nitrogen and oxygen atoms in total. The summed E-state index contributed by atoms with van der Waals surface area (Å²) in [6, 6.07) is 3.40. The van der Waals surface area contributed by atoms with Gasteiger partial charge in [-0.2, -0.15) is 13.2 Å². The summed E-state index contributed by atoms with van der Waals surface area (Å²) in [6.45, 7) is 0. The van der Waals surface area contributed by atoms with Crippen molar-refractivity contribution in [1.29, 1.82) is 0 Å². The number of halogens is 3. The molecule has 2 atom stereocenters. The van der Waals surface area contributed by atoms with Gasteiger partial charge in [-0.15, -0.1) is 0 Å². The minimum absolute atomic E-state index is 0.0236. The van der Waals surface area contributed by atoms with Crippen LogP contribution in [0.5, 0.6) is 0 Å². The van der Waals surface area contributed by atoms with Gasteiger partial charge in [-0.3, -0.25) is 4.98 Å². The van der Waals surface area contributed by atoms with Crippen LogP contribution in [-0.4, -0.2) is 17.2 Å². The standard InChI is InChI=1S/C13H17F3N2/c14-13(15,16)7-6-11(17)10-5-1-3-9-4-2-8-18-12(9)10/h2,4,8,10-11H,1,3,5-7,17H2. The fourth-order valence-electron chi connectivity index (χ4n) is 2.59. The second kappa shape index (κ2) is 5.26. The number of aryl methyl sites for hydroxylation is 1. The van der Waals surface area contributed by atoms with Crippen molar-refractivity contribution in [3.05, 3.63) is 29.6 Å². The predicted octanol–water partition coefficient (Wildman–Crippen LogP) is 3.17. The first-order valence-electron chi connectivity index (χ1n) is 6.23. The molecule has 2 rings (SSSR count). The molecule has 5 heteroatoms. The van der Waals surface area contributed by atoms with Crippen molar-refractivity contribution in [2.75, 3.05) is 0 Å². The van der Waals surface area contributed by atoms with Crippen molar-refractivity contribution < 1.29 is 13.2 Å². The Morgan fingerprint density at radius 3 is 2.94 bits per heavy atom. The molecule has 0 saturated heterocycles. The first-order chi connectivity index (χ1) is 8.47. The Hall–Kier alpha value is -1.10. The van der Waals surface area contributed by atoms with Gasteiger partial charge < -0.3 is 5.73 Å². The average Bonchev–Trinajstić information content (AvgIpc) is 2.34. The SMILES string of the molecule is NC(CCC(F)(F)F)C1CCCc2cccnc21. The number of hydrogen-bond acceptors (Lipinski definition) is 2. The smallest absolute Gasteiger partial charge is 0.327 e. The largest absolute Gasteiger partial charge is 0.389 e. The van der Waals surface area contributed by atoms with E-state index in [1.807, 2.05) is 12.1 Å². The number of nitrogens with two attached hydrogens (primary N) is 1. The molecule has 1 aromatic rings. The quantitative estimate of drug-likeness (QED) is 0.904. The Morgan fingerprint density at radius 1 is 1.44 bits per heavy atom. The van der Waals surface area contributed by atoms with Crippen LogP contribution in [0.2, 0.25) is 0 Å². The van der Waals surface area contributed by atoms with Gasteiger partial charge in [0.1, 0.15) is 0 Å². The number of fused-ring (bicyclic) bond motifs is 1. The van der Waals surface area contributed by atoms with Crippen molar-refractivity contribution in [2.45, 2.75) is 50.2 Å². The van der Waals surface area contributed by atoms with Gasteiger partial charge in [0, 0.05) is 30.3 Å². The van der Waals surface area contributed by atoms with Gasteiger partial charge in [-0.25, -0.2) is 0 Å². The van der Waals surface area contributed by atoms with Gasteiger partial charge in [0.25, 0.3) is 0 Å². The van der Waals surface area contributed by atoms with Crippen LogP contribution in [0.15, 0.2) is 18.3 Å². The Kier molecular flexibility index (Phi) is 3.90. The van der Waals surface area contributed by atoms with Crippen LogP contribution in [-0.2, 0) is 6.42 Å². The van der Waals surface area contributed by atoms with E-state index in [4.69, 9.17) is 5.73 Å². The summed E-state index contributed by atoms with van der Waals surface area (Å²) in [5, 5.41) is 0. The highest BCUT2D eigenvalue weighted by molar-refractivity contribution is 5.27. The fourth-order valence-corrected chi connectivity index (χ4v) is 2.59. The third-order valence-electron chi connectivity index (χ3n) is 3.52. The van der Waals surface area contributed by atoms with Gasteiger partial charge in [0.2, 0.25) is 0 Å². The highest BCUT2D eigenvalue weighted by atomic mass is 19.4. The fraction of sp³-hybridized carbons (Fsp3) is 0.615. The molecule has 2 unspecified atom stereocenters. The first kappa shape index (κ1) is 13.3. The van der Waals surface area contributed by atoms with Gasteiger partial charge >= 0.3 is 6.18 Å². The van der Waals surface area contributed by atoms with E-state index in [0.29, 0.717) is 0 Å². The molecule has 0 amide bonds. The van der Waals surface area contributed by atoms with Gasteiger partial charge in [-0.1, -0.05) is 6.07 Å². The zero-order valence-electron chi connectivity index (χ0n) is 10.1. The molecule has 0 fully saturated rings. The van der Waals surface area contributed by atoms with Crippen LogP contribution >= 0.6 is 0 Å². The number of rotatable bonds is 3. The first-order valence-corrected chi connectivity index (χ1v) is 6.23. The second-order valence-electron chi connectivity index (χ2n) is 4.86. The minimum atomic E-state index is -4.13. The molecule has 0 spiro atoms. The molecule has 2 N–H and O–H groups in total. The number of nitrogens with zero attached hydrogens (tertiary/aromatic N) is 1. The van der Waals surface area contributed by atoms with Crippen LogP contribution < -0.4 is 5.73 Å². The van der Waals surface area contributed by atoms with Crippen LogP contribution in [0.3, 0.4) is 0 Å². The lowest BCUT2D eigenvalue weighted by Gasteiger charge is -2.29. The summed E-state index contributed by atoms with van der Waals surface area (Å²) >= 11 is 0. The molecule has 1 aliphatic carbocycles. The molecular weight excluding hydrogens is 241 g/mol. The van der Waals surface area contributed by atoms with E-state index in [1.54, 1.807) is 6.20 Å². The monoisotopic (exact) mass is 258 g/mol. The zero-order valence-corrected chi connectivity index (χ0v) is 10.1. The Morgan fingerprint density at radius 2 is 2.22 bits per heavy atom. The summed E-state index contributed by atoms with van der Waals surface area (Å²) in [5.41, 5.74) is 7.97. The summed E-state index contributed by atoms with van der Waals surface area (Å²) < 4.78 is 36.6.